The number of anilines is 1. The van der Waals surface area contributed by atoms with E-state index < -0.39 is 23.6 Å². The lowest BCUT2D eigenvalue weighted by atomic mass is 9.99. The molecule has 0 bridgehead atoms. The Kier molecular flexibility index (Phi) is 7.69. The minimum absolute atomic E-state index is 0. The fourth-order valence-electron chi connectivity index (χ4n) is 2.64. The van der Waals surface area contributed by atoms with Gasteiger partial charge in [-0.2, -0.15) is 13.2 Å². The molecule has 1 aliphatic rings. The maximum atomic E-state index is 13.0. The molecule has 140 valence electrons. The largest absolute Gasteiger partial charge is 0.416 e. The summed E-state index contributed by atoms with van der Waals surface area (Å²) in [7, 11) is 0. The summed E-state index contributed by atoms with van der Waals surface area (Å²) >= 11 is 0. The average Bonchev–Trinajstić information content (AvgIpc) is 2.52. The van der Waals surface area contributed by atoms with Gasteiger partial charge in [0.1, 0.15) is 0 Å². The van der Waals surface area contributed by atoms with Crippen LogP contribution >= 0.6 is 12.4 Å². The first kappa shape index (κ1) is 21.2. The topological polar surface area (TPSA) is 70.2 Å². The fraction of sp³-hybridized carbons (Fsp3) is 0.500. The van der Waals surface area contributed by atoms with Crippen molar-refractivity contribution in [2.45, 2.75) is 25.9 Å². The number of benzene rings is 1. The molecular formula is C16H21ClF3N3O2. The molecule has 1 heterocycles. The van der Waals surface area contributed by atoms with Gasteiger partial charge in [-0.25, -0.2) is 0 Å². The Hall–Kier alpha value is -1.80. The maximum absolute atomic E-state index is 13.0. The number of amides is 2. The molecule has 1 unspecified atom stereocenters. The molecule has 1 aromatic carbocycles. The smallest absolute Gasteiger partial charge is 0.352 e. The van der Waals surface area contributed by atoms with E-state index in [-0.39, 0.29) is 29.6 Å². The van der Waals surface area contributed by atoms with Crippen LogP contribution in [0.4, 0.5) is 18.9 Å². The van der Waals surface area contributed by atoms with Crippen LogP contribution in [0.25, 0.3) is 0 Å². The second-order valence-corrected chi connectivity index (χ2v) is 5.90. The van der Waals surface area contributed by atoms with Gasteiger partial charge in [-0.3, -0.25) is 9.59 Å². The van der Waals surface area contributed by atoms with Gasteiger partial charge in [0.15, 0.2) is 0 Å². The number of rotatable bonds is 4. The average molecular weight is 380 g/mol. The highest BCUT2D eigenvalue weighted by Crippen LogP contribution is 2.32. The van der Waals surface area contributed by atoms with E-state index in [1.165, 1.54) is 13.0 Å². The number of hydrogen-bond donors (Lipinski definition) is 3. The molecule has 1 atom stereocenters. The van der Waals surface area contributed by atoms with E-state index in [1.54, 1.807) is 0 Å². The van der Waals surface area contributed by atoms with Crippen LogP contribution in [0.15, 0.2) is 18.2 Å². The van der Waals surface area contributed by atoms with Crippen molar-refractivity contribution in [2.75, 3.05) is 25.0 Å². The summed E-state index contributed by atoms with van der Waals surface area (Å²) in [5.41, 5.74) is -1.16. The van der Waals surface area contributed by atoms with Gasteiger partial charge in [0.2, 0.25) is 5.91 Å². The normalized spacial score (nSPS) is 17.4. The Morgan fingerprint density at radius 2 is 2.00 bits per heavy atom. The van der Waals surface area contributed by atoms with Gasteiger partial charge < -0.3 is 16.0 Å². The lowest BCUT2D eigenvalue weighted by Crippen LogP contribution is -2.38. The molecular weight excluding hydrogens is 359 g/mol. The zero-order chi connectivity index (χ0) is 17.7. The van der Waals surface area contributed by atoms with Crippen molar-refractivity contribution in [3.05, 3.63) is 29.3 Å². The third kappa shape index (κ3) is 6.55. The van der Waals surface area contributed by atoms with E-state index in [4.69, 9.17) is 0 Å². The first-order chi connectivity index (χ1) is 11.3. The molecule has 0 aliphatic carbocycles. The Labute approximate surface area is 150 Å². The molecule has 0 saturated carbocycles. The third-order valence-electron chi connectivity index (χ3n) is 3.79. The highest BCUT2D eigenvalue weighted by Gasteiger charge is 2.32. The number of carbonyl (C=O) groups is 2. The molecule has 2 rings (SSSR count). The second kappa shape index (κ2) is 9.05. The molecule has 5 nitrogen and oxygen atoms in total. The highest BCUT2D eigenvalue weighted by molar-refractivity contribution is 5.97. The molecule has 1 aliphatic heterocycles. The van der Waals surface area contributed by atoms with Gasteiger partial charge in [-0.1, -0.05) is 0 Å². The van der Waals surface area contributed by atoms with Crippen molar-refractivity contribution in [3.63, 3.8) is 0 Å². The van der Waals surface area contributed by atoms with Crippen molar-refractivity contribution < 1.29 is 22.8 Å². The molecule has 9 heteroatoms. The van der Waals surface area contributed by atoms with Crippen LogP contribution in [0.2, 0.25) is 0 Å². The molecule has 1 aromatic rings. The van der Waals surface area contributed by atoms with Crippen molar-refractivity contribution in [2.24, 2.45) is 5.92 Å². The summed E-state index contributed by atoms with van der Waals surface area (Å²) in [5.74, 6) is -0.824. The van der Waals surface area contributed by atoms with Crippen molar-refractivity contribution in [1.82, 2.24) is 10.6 Å². The predicted octanol–water partition coefficient (Wildman–Crippen LogP) is 2.82. The molecule has 0 aromatic heterocycles. The van der Waals surface area contributed by atoms with Gasteiger partial charge in [0.05, 0.1) is 5.56 Å². The second-order valence-electron chi connectivity index (χ2n) is 5.90. The van der Waals surface area contributed by atoms with Gasteiger partial charge in [0, 0.05) is 24.7 Å². The Bertz CT molecular complexity index is 617. The van der Waals surface area contributed by atoms with E-state index in [0.717, 1.165) is 38.1 Å². The number of nitrogens with one attached hydrogen (secondary N) is 3. The van der Waals surface area contributed by atoms with Gasteiger partial charge in [-0.15, -0.1) is 12.4 Å². The Morgan fingerprint density at radius 3 is 2.56 bits per heavy atom. The molecule has 0 radical (unpaired) electrons. The van der Waals surface area contributed by atoms with Crippen LogP contribution in [0, 0.1) is 5.92 Å². The van der Waals surface area contributed by atoms with Gasteiger partial charge >= 0.3 is 6.18 Å². The van der Waals surface area contributed by atoms with Crippen LogP contribution in [0.3, 0.4) is 0 Å². The third-order valence-corrected chi connectivity index (χ3v) is 3.79. The van der Waals surface area contributed by atoms with Crippen LogP contribution in [0.5, 0.6) is 0 Å². The first-order valence-corrected chi connectivity index (χ1v) is 7.74. The summed E-state index contributed by atoms with van der Waals surface area (Å²) in [5, 5.41) is 8.17. The fourth-order valence-corrected chi connectivity index (χ4v) is 2.64. The maximum Gasteiger partial charge on any atom is 0.416 e. The summed E-state index contributed by atoms with van der Waals surface area (Å²) < 4.78 is 38.9. The van der Waals surface area contributed by atoms with Crippen LogP contribution in [-0.4, -0.2) is 31.4 Å². The number of halogens is 4. The van der Waals surface area contributed by atoms with Crippen LogP contribution in [0.1, 0.15) is 35.7 Å². The van der Waals surface area contributed by atoms with E-state index in [2.05, 4.69) is 16.0 Å². The lowest BCUT2D eigenvalue weighted by molar-refractivity contribution is -0.137. The number of hydrogen-bond acceptors (Lipinski definition) is 3. The summed E-state index contributed by atoms with van der Waals surface area (Å²) in [6.45, 7) is 3.31. The van der Waals surface area contributed by atoms with E-state index in [1.807, 2.05) is 0 Å². The quantitative estimate of drug-likeness (QED) is 0.753. The van der Waals surface area contributed by atoms with Crippen molar-refractivity contribution in [1.29, 1.82) is 0 Å². The van der Waals surface area contributed by atoms with Gasteiger partial charge in [-0.05, 0) is 50.0 Å². The number of alkyl halides is 3. The minimum Gasteiger partial charge on any atom is -0.352 e. The predicted molar refractivity (Wildman–Crippen MR) is 90.9 cm³/mol. The zero-order valence-corrected chi connectivity index (χ0v) is 14.5. The molecule has 1 fully saturated rings. The van der Waals surface area contributed by atoms with Crippen molar-refractivity contribution in [3.8, 4) is 0 Å². The Morgan fingerprint density at radius 1 is 1.28 bits per heavy atom. The Balaban J connectivity index is 0.00000312. The molecule has 1 saturated heterocycles. The number of piperidine rings is 1. The SMILES string of the molecule is CC(=O)Nc1cc(C(=O)NCC2CCCNC2)cc(C(F)(F)F)c1.Cl. The van der Waals surface area contributed by atoms with E-state index in [9.17, 15) is 22.8 Å². The minimum atomic E-state index is -4.60. The summed E-state index contributed by atoms with van der Waals surface area (Å²) in [4.78, 5) is 23.3. The van der Waals surface area contributed by atoms with Gasteiger partial charge in [0.25, 0.3) is 5.91 Å². The molecule has 3 N–H and O–H groups in total. The molecule has 2 amide bonds. The number of carbonyl (C=O) groups excluding carboxylic acids is 2. The monoisotopic (exact) mass is 379 g/mol. The lowest BCUT2D eigenvalue weighted by Gasteiger charge is -2.23. The summed E-state index contributed by atoms with van der Waals surface area (Å²) in [6.07, 6.45) is -2.62. The van der Waals surface area contributed by atoms with E-state index >= 15 is 0 Å². The first-order valence-electron chi connectivity index (χ1n) is 7.74. The zero-order valence-electron chi connectivity index (χ0n) is 13.7. The van der Waals surface area contributed by atoms with Crippen molar-refractivity contribution >= 4 is 29.9 Å². The standard InChI is InChI=1S/C16H20F3N3O2.ClH/c1-10(23)22-14-6-12(5-13(7-14)16(17,18)19)15(24)21-9-11-3-2-4-20-8-11;/h5-7,11,20H,2-4,8-9H2,1H3,(H,21,24)(H,22,23);1H. The van der Waals surface area contributed by atoms with E-state index in [0.29, 0.717) is 6.54 Å². The highest BCUT2D eigenvalue weighted by atomic mass is 35.5. The summed E-state index contributed by atoms with van der Waals surface area (Å²) in [6, 6.07) is 2.84. The van der Waals surface area contributed by atoms with Crippen LogP contribution in [-0.2, 0) is 11.0 Å². The van der Waals surface area contributed by atoms with Crippen LogP contribution < -0.4 is 16.0 Å². The molecule has 25 heavy (non-hydrogen) atoms. The molecule has 0 spiro atoms.